The zero-order chi connectivity index (χ0) is 20.5. The molecule has 2 heteroatoms. The Morgan fingerprint density at radius 3 is 2.14 bits per heavy atom. The van der Waals surface area contributed by atoms with Crippen LogP contribution in [-0.4, -0.2) is 12.1 Å². The lowest BCUT2D eigenvalue weighted by Crippen LogP contribution is -2.43. The summed E-state index contributed by atoms with van der Waals surface area (Å²) in [5.74, 6) is 4.87. The van der Waals surface area contributed by atoms with Crippen LogP contribution in [0.2, 0.25) is 0 Å². The van der Waals surface area contributed by atoms with Crippen LogP contribution in [0.3, 0.4) is 0 Å². The van der Waals surface area contributed by atoms with Crippen molar-refractivity contribution in [2.45, 2.75) is 136 Å². The van der Waals surface area contributed by atoms with Crippen molar-refractivity contribution in [3.8, 4) is 0 Å². The SMILES string of the molecule is CCCCCCC[C@H]1CCC2C(CCC3C[C@@H](OC(=O)CCCCC)CCC32)C1. The predicted octanol–water partition coefficient (Wildman–Crippen LogP) is 8.08. The first-order valence-corrected chi connectivity index (χ1v) is 13.4. The Kier molecular flexibility index (Phi) is 9.86. The first-order valence-electron chi connectivity index (χ1n) is 13.4. The molecule has 3 aliphatic rings. The molecule has 3 saturated carbocycles. The summed E-state index contributed by atoms with van der Waals surface area (Å²) < 4.78 is 5.87. The van der Waals surface area contributed by atoms with Crippen LogP contribution < -0.4 is 0 Å². The molecule has 0 heterocycles. The van der Waals surface area contributed by atoms with Gasteiger partial charge in [-0.1, -0.05) is 71.6 Å². The van der Waals surface area contributed by atoms with Crippen molar-refractivity contribution in [3.05, 3.63) is 0 Å². The van der Waals surface area contributed by atoms with Crippen molar-refractivity contribution in [1.29, 1.82) is 0 Å². The Hall–Kier alpha value is -0.530. The Morgan fingerprint density at radius 2 is 1.38 bits per heavy atom. The van der Waals surface area contributed by atoms with E-state index in [9.17, 15) is 4.79 Å². The van der Waals surface area contributed by atoms with E-state index >= 15 is 0 Å². The van der Waals surface area contributed by atoms with Gasteiger partial charge >= 0.3 is 5.97 Å². The number of fused-ring (bicyclic) bond motifs is 3. The smallest absolute Gasteiger partial charge is 0.306 e. The molecule has 0 aromatic heterocycles. The minimum Gasteiger partial charge on any atom is -0.462 e. The van der Waals surface area contributed by atoms with Crippen molar-refractivity contribution in [2.24, 2.45) is 29.6 Å². The Bertz CT molecular complexity index is 473. The van der Waals surface area contributed by atoms with E-state index in [1.54, 1.807) is 0 Å². The Labute approximate surface area is 180 Å². The molecule has 4 unspecified atom stereocenters. The number of unbranched alkanes of at least 4 members (excludes halogenated alkanes) is 6. The van der Waals surface area contributed by atoms with E-state index in [-0.39, 0.29) is 12.1 Å². The molecule has 0 aliphatic heterocycles. The van der Waals surface area contributed by atoms with Crippen LogP contribution in [0.25, 0.3) is 0 Å². The van der Waals surface area contributed by atoms with Gasteiger partial charge in [0, 0.05) is 6.42 Å². The number of ether oxygens (including phenoxy) is 1. The highest BCUT2D eigenvalue weighted by Gasteiger charge is 2.44. The summed E-state index contributed by atoms with van der Waals surface area (Å²) in [6.07, 6.45) is 23.8. The van der Waals surface area contributed by atoms with Crippen LogP contribution in [-0.2, 0) is 9.53 Å². The molecule has 0 spiro atoms. The van der Waals surface area contributed by atoms with Gasteiger partial charge in [0.2, 0.25) is 0 Å². The summed E-state index contributed by atoms with van der Waals surface area (Å²) in [7, 11) is 0. The maximum absolute atomic E-state index is 12.1. The van der Waals surface area contributed by atoms with Crippen molar-refractivity contribution >= 4 is 5.97 Å². The van der Waals surface area contributed by atoms with Gasteiger partial charge in [0.05, 0.1) is 0 Å². The van der Waals surface area contributed by atoms with Gasteiger partial charge in [-0.05, 0) is 81.0 Å². The molecular weight excluding hydrogens is 356 g/mol. The fourth-order valence-electron chi connectivity index (χ4n) is 7.02. The van der Waals surface area contributed by atoms with Gasteiger partial charge in [-0.3, -0.25) is 4.79 Å². The maximum Gasteiger partial charge on any atom is 0.306 e. The second-order valence-electron chi connectivity index (χ2n) is 10.7. The zero-order valence-corrected chi connectivity index (χ0v) is 19.5. The normalized spacial score (nSPS) is 34.3. The van der Waals surface area contributed by atoms with Gasteiger partial charge in [-0.25, -0.2) is 0 Å². The number of carbonyl (C=O) groups is 1. The number of carbonyl (C=O) groups excluding carboxylic acids is 1. The molecule has 0 aromatic rings. The van der Waals surface area contributed by atoms with Gasteiger partial charge in [-0.2, -0.15) is 0 Å². The predicted molar refractivity (Wildman–Crippen MR) is 122 cm³/mol. The summed E-state index contributed by atoms with van der Waals surface area (Å²) in [4.78, 5) is 12.1. The third-order valence-electron chi connectivity index (χ3n) is 8.60. The molecule has 6 atom stereocenters. The molecular formula is C27H48O2. The molecule has 3 rings (SSSR count). The highest BCUT2D eigenvalue weighted by molar-refractivity contribution is 5.69. The maximum atomic E-state index is 12.1. The average Bonchev–Trinajstić information content (AvgIpc) is 2.73. The summed E-state index contributed by atoms with van der Waals surface area (Å²) in [5.41, 5.74) is 0. The number of esters is 1. The van der Waals surface area contributed by atoms with E-state index in [4.69, 9.17) is 4.74 Å². The van der Waals surface area contributed by atoms with E-state index in [1.807, 2.05) is 0 Å². The van der Waals surface area contributed by atoms with Crippen LogP contribution in [0.15, 0.2) is 0 Å². The van der Waals surface area contributed by atoms with E-state index in [2.05, 4.69) is 13.8 Å². The molecule has 0 radical (unpaired) electrons. The largest absolute Gasteiger partial charge is 0.462 e. The van der Waals surface area contributed by atoms with Crippen molar-refractivity contribution in [3.63, 3.8) is 0 Å². The molecule has 0 N–H and O–H groups in total. The van der Waals surface area contributed by atoms with Crippen LogP contribution in [0.5, 0.6) is 0 Å². The minimum absolute atomic E-state index is 0.0648. The van der Waals surface area contributed by atoms with Crippen molar-refractivity contribution in [2.75, 3.05) is 0 Å². The third-order valence-corrected chi connectivity index (χ3v) is 8.60. The standard InChI is InChI=1S/C27H48O2/c1-3-5-7-8-10-11-21-13-17-25-22(19-21)14-15-23-20-24(16-18-26(23)25)29-27(28)12-9-6-4-2/h21-26H,3-20H2,1-2H3/t21-,22?,23?,24-,25?,26?/m0/s1. The van der Waals surface area contributed by atoms with Crippen molar-refractivity contribution < 1.29 is 9.53 Å². The molecule has 0 bridgehead atoms. The zero-order valence-electron chi connectivity index (χ0n) is 19.5. The average molecular weight is 405 g/mol. The van der Waals surface area contributed by atoms with Crippen molar-refractivity contribution in [1.82, 2.24) is 0 Å². The molecule has 0 saturated heterocycles. The van der Waals surface area contributed by atoms with Gasteiger partial charge < -0.3 is 4.74 Å². The molecule has 29 heavy (non-hydrogen) atoms. The van der Waals surface area contributed by atoms with E-state index < -0.39 is 0 Å². The molecule has 3 aliphatic carbocycles. The molecule has 3 fully saturated rings. The minimum atomic E-state index is 0.0648. The molecule has 168 valence electrons. The summed E-state index contributed by atoms with van der Waals surface area (Å²) in [6, 6.07) is 0. The van der Waals surface area contributed by atoms with E-state index in [0.717, 1.165) is 55.3 Å². The molecule has 0 amide bonds. The van der Waals surface area contributed by atoms with Gasteiger partial charge in [-0.15, -0.1) is 0 Å². The lowest BCUT2D eigenvalue weighted by atomic mass is 9.56. The summed E-state index contributed by atoms with van der Waals surface area (Å²) >= 11 is 0. The van der Waals surface area contributed by atoms with Gasteiger partial charge in [0.25, 0.3) is 0 Å². The fraction of sp³-hybridized carbons (Fsp3) is 0.963. The summed E-state index contributed by atoms with van der Waals surface area (Å²) in [6.45, 7) is 4.49. The topological polar surface area (TPSA) is 26.3 Å². The van der Waals surface area contributed by atoms with Crippen LogP contribution >= 0.6 is 0 Å². The highest BCUT2D eigenvalue weighted by atomic mass is 16.5. The van der Waals surface area contributed by atoms with Crippen LogP contribution in [0, 0.1) is 29.6 Å². The first-order chi connectivity index (χ1) is 14.2. The van der Waals surface area contributed by atoms with Crippen LogP contribution in [0.1, 0.15) is 129 Å². The van der Waals surface area contributed by atoms with E-state index in [0.29, 0.717) is 6.42 Å². The Balaban J connectivity index is 1.38. The quantitative estimate of drug-likeness (QED) is 0.257. The highest BCUT2D eigenvalue weighted by Crippen LogP contribution is 2.53. The number of hydrogen-bond donors (Lipinski definition) is 0. The summed E-state index contributed by atoms with van der Waals surface area (Å²) in [5, 5.41) is 0. The lowest BCUT2D eigenvalue weighted by molar-refractivity contribution is -0.153. The Morgan fingerprint density at radius 1 is 0.724 bits per heavy atom. The van der Waals surface area contributed by atoms with Gasteiger partial charge in [0.1, 0.15) is 6.10 Å². The fourth-order valence-corrected chi connectivity index (χ4v) is 7.02. The number of rotatable bonds is 11. The molecule has 2 nitrogen and oxygen atoms in total. The second kappa shape index (κ2) is 12.4. The number of hydrogen-bond acceptors (Lipinski definition) is 2. The second-order valence-corrected chi connectivity index (χ2v) is 10.7. The molecule has 0 aromatic carbocycles. The monoisotopic (exact) mass is 404 g/mol. The van der Waals surface area contributed by atoms with Crippen LogP contribution in [0.4, 0.5) is 0 Å². The first kappa shape index (κ1) is 23.1. The van der Waals surface area contributed by atoms with Gasteiger partial charge in [0.15, 0.2) is 0 Å². The third kappa shape index (κ3) is 7.00. The van der Waals surface area contributed by atoms with E-state index in [1.165, 1.54) is 83.5 Å². The lowest BCUT2D eigenvalue weighted by Gasteiger charge is -2.50.